The summed E-state index contributed by atoms with van der Waals surface area (Å²) in [7, 11) is 0. The molecule has 0 spiro atoms. The smallest absolute Gasteiger partial charge is 0.126 e. The van der Waals surface area contributed by atoms with Gasteiger partial charge in [-0.05, 0) is 6.07 Å². The molecule has 2 heterocycles. The lowest BCUT2D eigenvalue weighted by Gasteiger charge is -2.12. The molecule has 0 amide bonds. The molecule has 90 valence electrons. The van der Waals surface area contributed by atoms with Crippen molar-refractivity contribution in [3.05, 3.63) is 29.7 Å². The highest BCUT2D eigenvalue weighted by Crippen LogP contribution is 2.24. The summed E-state index contributed by atoms with van der Waals surface area (Å²) in [6, 6.07) is 5.94. The summed E-state index contributed by atoms with van der Waals surface area (Å²) in [5.74, 6) is 0. The molecule has 0 unspecified atom stereocenters. The van der Waals surface area contributed by atoms with Gasteiger partial charge in [0.2, 0.25) is 0 Å². The highest BCUT2D eigenvalue weighted by Gasteiger charge is 2.10. The lowest BCUT2D eigenvalue weighted by molar-refractivity contribution is 0.331. The van der Waals surface area contributed by atoms with Crippen molar-refractivity contribution in [1.82, 2.24) is 9.88 Å². The van der Waals surface area contributed by atoms with Crippen molar-refractivity contribution in [2.24, 2.45) is 0 Å². The summed E-state index contributed by atoms with van der Waals surface area (Å²) in [4.78, 5) is 6.20. The molecule has 0 radical (unpaired) electrons. The third-order valence-corrected chi connectivity index (χ3v) is 3.23. The van der Waals surface area contributed by atoms with Crippen LogP contribution in [-0.4, -0.2) is 23.0 Å². The number of nitrogens with zero attached hydrogens (tertiary/aromatic N) is 4. The van der Waals surface area contributed by atoms with E-state index in [1.807, 2.05) is 23.6 Å². The van der Waals surface area contributed by atoms with Crippen LogP contribution in [-0.2, 0) is 6.54 Å². The van der Waals surface area contributed by atoms with Gasteiger partial charge in [-0.3, -0.25) is 4.90 Å². The molecule has 2 aromatic rings. The van der Waals surface area contributed by atoms with E-state index in [0.29, 0.717) is 6.54 Å². The fourth-order valence-electron chi connectivity index (χ4n) is 1.50. The molecule has 0 atom stereocenters. The topological polar surface area (TPSA) is 76.8 Å². The Balaban J connectivity index is 2.06. The Kier molecular flexibility index (Phi) is 4.08. The summed E-state index contributed by atoms with van der Waals surface area (Å²) >= 11 is 1.52. The minimum Gasteiger partial charge on any atom is -0.472 e. The molecule has 0 aromatic carbocycles. The van der Waals surface area contributed by atoms with Crippen molar-refractivity contribution < 1.29 is 4.42 Å². The number of hydrogen-bond donors (Lipinski definition) is 0. The zero-order chi connectivity index (χ0) is 12.8. The van der Waals surface area contributed by atoms with Crippen molar-refractivity contribution in [3.63, 3.8) is 0 Å². The maximum absolute atomic E-state index is 8.67. The minimum atomic E-state index is 0.228. The van der Waals surface area contributed by atoms with Crippen molar-refractivity contribution in [2.75, 3.05) is 13.1 Å². The molecule has 6 heteroatoms. The normalized spacial score (nSPS) is 10.2. The molecule has 0 aliphatic heterocycles. The molecular formula is C12H10N4OS. The molecule has 2 rings (SSSR count). The molecule has 0 aliphatic rings. The van der Waals surface area contributed by atoms with Crippen LogP contribution in [0, 0.1) is 22.7 Å². The van der Waals surface area contributed by atoms with Crippen LogP contribution in [0.2, 0.25) is 0 Å². The van der Waals surface area contributed by atoms with E-state index in [4.69, 9.17) is 14.9 Å². The average Bonchev–Trinajstić information content (AvgIpc) is 2.98. The quantitative estimate of drug-likeness (QED) is 0.769. The number of rotatable bonds is 5. The number of nitriles is 2. The number of hydrogen-bond acceptors (Lipinski definition) is 6. The van der Waals surface area contributed by atoms with Gasteiger partial charge >= 0.3 is 0 Å². The van der Waals surface area contributed by atoms with Gasteiger partial charge in [-0.25, -0.2) is 4.98 Å². The maximum atomic E-state index is 8.67. The van der Waals surface area contributed by atoms with E-state index < -0.39 is 0 Å². The van der Waals surface area contributed by atoms with Crippen LogP contribution < -0.4 is 0 Å². The van der Waals surface area contributed by atoms with Gasteiger partial charge in [0.15, 0.2) is 0 Å². The largest absolute Gasteiger partial charge is 0.472 e. The Morgan fingerprint density at radius 1 is 1.33 bits per heavy atom. The SMILES string of the molecule is N#CCN(CC#N)Cc1csc(-c2ccoc2)n1. The van der Waals surface area contributed by atoms with Gasteiger partial charge in [-0.15, -0.1) is 11.3 Å². The zero-order valence-corrected chi connectivity index (χ0v) is 10.4. The molecule has 0 bridgehead atoms. The van der Waals surface area contributed by atoms with Crippen LogP contribution in [0.25, 0.3) is 10.6 Å². The predicted molar refractivity (Wildman–Crippen MR) is 66.3 cm³/mol. The van der Waals surface area contributed by atoms with Crippen molar-refractivity contribution in [3.8, 4) is 22.7 Å². The maximum Gasteiger partial charge on any atom is 0.126 e. The van der Waals surface area contributed by atoms with Crippen LogP contribution in [0.1, 0.15) is 5.69 Å². The summed E-state index contributed by atoms with van der Waals surface area (Å²) in [5.41, 5.74) is 1.81. The number of thiazole rings is 1. The molecule has 2 aromatic heterocycles. The molecule has 0 saturated heterocycles. The predicted octanol–water partition coefficient (Wildman–Crippen LogP) is 2.25. The first-order chi connectivity index (χ1) is 8.83. The molecule has 0 fully saturated rings. The van der Waals surface area contributed by atoms with E-state index in [-0.39, 0.29) is 13.1 Å². The fourth-order valence-corrected chi connectivity index (χ4v) is 2.29. The van der Waals surface area contributed by atoms with Crippen LogP contribution >= 0.6 is 11.3 Å². The average molecular weight is 258 g/mol. The van der Waals surface area contributed by atoms with Gasteiger partial charge in [0.05, 0.1) is 37.2 Å². The Hall–Kier alpha value is -2.15. The van der Waals surface area contributed by atoms with Crippen LogP contribution in [0.15, 0.2) is 28.4 Å². The van der Waals surface area contributed by atoms with Crippen molar-refractivity contribution in [1.29, 1.82) is 10.5 Å². The fraction of sp³-hybridized carbons (Fsp3) is 0.250. The third-order valence-electron chi connectivity index (χ3n) is 2.29. The van der Waals surface area contributed by atoms with Gasteiger partial charge in [0.1, 0.15) is 11.3 Å². The third kappa shape index (κ3) is 2.95. The van der Waals surface area contributed by atoms with Crippen LogP contribution in [0.3, 0.4) is 0 Å². The Bertz CT molecular complexity index is 560. The summed E-state index contributed by atoms with van der Waals surface area (Å²) in [6.45, 7) is 0.966. The second kappa shape index (κ2) is 5.97. The standard InChI is InChI=1S/C12H10N4OS/c13-2-4-16(5-3-14)7-11-9-18-12(15-11)10-1-6-17-8-10/h1,6,8-9H,4-5,7H2. The highest BCUT2D eigenvalue weighted by atomic mass is 32.1. The summed E-state index contributed by atoms with van der Waals surface area (Å²) in [5, 5.41) is 20.1. The van der Waals surface area contributed by atoms with Gasteiger partial charge in [-0.2, -0.15) is 10.5 Å². The van der Waals surface area contributed by atoms with Gasteiger partial charge in [-0.1, -0.05) is 0 Å². The molecule has 5 nitrogen and oxygen atoms in total. The second-order valence-electron chi connectivity index (χ2n) is 3.62. The Morgan fingerprint density at radius 3 is 2.72 bits per heavy atom. The first-order valence-corrected chi connectivity index (χ1v) is 6.14. The monoisotopic (exact) mass is 258 g/mol. The Labute approximate surface area is 109 Å². The van der Waals surface area contributed by atoms with Gasteiger partial charge < -0.3 is 4.42 Å². The zero-order valence-electron chi connectivity index (χ0n) is 9.54. The molecular weight excluding hydrogens is 248 g/mol. The highest BCUT2D eigenvalue weighted by molar-refractivity contribution is 7.13. The van der Waals surface area contributed by atoms with E-state index in [1.54, 1.807) is 17.4 Å². The van der Waals surface area contributed by atoms with Crippen LogP contribution in [0.5, 0.6) is 0 Å². The first-order valence-electron chi connectivity index (χ1n) is 5.26. The Morgan fingerprint density at radius 2 is 2.11 bits per heavy atom. The molecule has 0 aliphatic carbocycles. The van der Waals surface area contributed by atoms with E-state index in [2.05, 4.69) is 4.98 Å². The van der Waals surface area contributed by atoms with E-state index >= 15 is 0 Å². The lowest BCUT2D eigenvalue weighted by atomic mass is 10.3. The van der Waals surface area contributed by atoms with E-state index in [1.165, 1.54) is 11.3 Å². The lowest BCUT2D eigenvalue weighted by Crippen LogP contribution is -2.24. The molecule has 0 N–H and O–H groups in total. The minimum absolute atomic E-state index is 0.228. The number of aromatic nitrogens is 1. The number of furan rings is 1. The first kappa shape index (κ1) is 12.3. The van der Waals surface area contributed by atoms with Crippen molar-refractivity contribution in [2.45, 2.75) is 6.54 Å². The van der Waals surface area contributed by atoms with Gasteiger partial charge in [0.25, 0.3) is 0 Å². The summed E-state index contributed by atoms with van der Waals surface area (Å²) < 4.78 is 5.01. The second-order valence-corrected chi connectivity index (χ2v) is 4.48. The molecule has 0 saturated carbocycles. The van der Waals surface area contributed by atoms with E-state index in [0.717, 1.165) is 16.3 Å². The van der Waals surface area contributed by atoms with Crippen LogP contribution in [0.4, 0.5) is 0 Å². The van der Waals surface area contributed by atoms with Crippen molar-refractivity contribution >= 4 is 11.3 Å². The summed E-state index contributed by atoms with van der Waals surface area (Å²) in [6.07, 6.45) is 3.25. The molecule has 18 heavy (non-hydrogen) atoms. The van der Waals surface area contributed by atoms with Gasteiger partial charge in [0, 0.05) is 17.5 Å². The van der Waals surface area contributed by atoms with E-state index in [9.17, 15) is 0 Å².